The molecule has 0 saturated carbocycles. The fraction of sp³-hybridized carbons (Fsp3) is 0.133. The van der Waals surface area contributed by atoms with E-state index in [1.807, 2.05) is 12.1 Å². The van der Waals surface area contributed by atoms with Crippen LogP contribution >= 0.6 is 15.9 Å². The maximum atomic E-state index is 8.83. The summed E-state index contributed by atoms with van der Waals surface area (Å²) in [6, 6.07) is 13.9. The van der Waals surface area contributed by atoms with Crippen LogP contribution in [0, 0.1) is 25.2 Å². The summed E-state index contributed by atoms with van der Waals surface area (Å²) in [5.74, 6) is 0. The molecule has 1 N–H and O–H groups in total. The Labute approximate surface area is 115 Å². The largest absolute Gasteiger partial charge is 0.354 e. The third-order valence-corrected chi connectivity index (χ3v) is 3.41. The van der Waals surface area contributed by atoms with E-state index in [0.29, 0.717) is 5.56 Å². The van der Waals surface area contributed by atoms with E-state index < -0.39 is 0 Å². The molecule has 3 heteroatoms. The van der Waals surface area contributed by atoms with Gasteiger partial charge in [-0.05, 0) is 59.6 Å². The summed E-state index contributed by atoms with van der Waals surface area (Å²) in [6.07, 6.45) is 0. The molecule has 0 heterocycles. The Kier molecular flexibility index (Phi) is 3.69. The SMILES string of the molecule is Cc1ccc(Nc2ccc(C#N)cc2Br)c(C)c1. The molecule has 0 amide bonds. The van der Waals surface area contributed by atoms with Crippen molar-refractivity contribution in [3.63, 3.8) is 0 Å². The van der Waals surface area contributed by atoms with E-state index >= 15 is 0 Å². The second-order valence-electron chi connectivity index (χ2n) is 4.25. The van der Waals surface area contributed by atoms with Gasteiger partial charge in [0.05, 0.1) is 17.3 Å². The second-order valence-corrected chi connectivity index (χ2v) is 5.10. The van der Waals surface area contributed by atoms with E-state index in [-0.39, 0.29) is 0 Å². The minimum atomic E-state index is 0.646. The minimum Gasteiger partial charge on any atom is -0.354 e. The van der Waals surface area contributed by atoms with Crippen molar-refractivity contribution in [1.82, 2.24) is 0 Å². The molecule has 0 atom stereocenters. The number of anilines is 2. The zero-order valence-electron chi connectivity index (χ0n) is 10.3. The van der Waals surface area contributed by atoms with E-state index in [4.69, 9.17) is 5.26 Å². The van der Waals surface area contributed by atoms with Gasteiger partial charge in [0.25, 0.3) is 0 Å². The van der Waals surface area contributed by atoms with Crippen LogP contribution in [-0.4, -0.2) is 0 Å². The molecule has 0 fully saturated rings. The molecule has 2 aromatic rings. The van der Waals surface area contributed by atoms with Crippen molar-refractivity contribution in [2.75, 3.05) is 5.32 Å². The highest BCUT2D eigenvalue weighted by molar-refractivity contribution is 9.10. The van der Waals surface area contributed by atoms with Gasteiger partial charge in [-0.3, -0.25) is 0 Å². The maximum absolute atomic E-state index is 8.83. The van der Waals surface area contributed by atoms with Crippen LogP contribution in [0.5, 0.6) is 0 Å². The summed E-state index contributed by atoms with van der Waals surface area (Å²) in [5.41, 5.74) is 5.13. The van der Waals surface area contributed by atoms with Gasteiger partial charge in [-0.2, -0.15) is 5.26 Å². The number of nitrogens with zero attached hydrogens (tertiary/aromatic N) is 1. The first kappa shape index (κ1) is 12.7. The molecule has 0 aliphatic rings. The predicted octanol–water partition coefficient (Wildman–Crippen LogP) is 4.68. The Hall–Kier alpha value is -1.79. The van der Waals surface area contributed by atoms with Gasteiger partial charge in [0.1, 0.15) is 0 Å². The Morgan fingerprint density at radius 2 is 1.78 bits per heavy atom. The third-order valence-electron chi connectivity index (χ3n) is 2.75. The molecule has 2 aromatic carbocycles. The van der Waals surface area contributed by atoms with Crippen LogP contribution in [-0.2, 0) is 0 Å². The number of nitrogens with one attached hydrogen (secondary N) is 1. The van der Waals surface area contributed by atoms with Crippen molar-refractivity contribution in [1.29, 1.82) is 5.26 Å². The number of hydrogen-bond donors (Lipinski definition) is 1. The van der Waals surface area contributed by atoms with Gasteiger partial charge in [0.15, 0.2) is 0 Å². The fourth-order valence-corrected chi connectivity index (χ4v) is 2.26. The van der Waals surface area contributed by atoms with Gasteiger partial charge in [-0.15, -0.1) is 0 Å². The molecule has 0 aromatic heterocycles. The van der Waals surface area contributed by atoms with Gasteiger partial charge >= 0.3 is 0 Å². The standard InChI is InChI=1S/C15H13BrN2/c1-10-3-5-14(11(2)7-10)18-15-6-4-12(9-17)8-13(15)16/h3-8,18H,1-2H3. The zero-order valence-corrected chi connectivity index (χ0v) is 11.9. The van der Waals surface area contributed by atoms with Crippen molar-refractivity contribution >= 4 is 27.3 Å². The normalized spacial score (nSPS) is 9.89. The number of nitriles is 1. The molecular formula is C15H13BrN2. The van der Waals surface area contributed by atoms with E-state index in [0.717, 1.165) is 15.8 Å². The monoisotopic (exact) mass is 300 g/mol. The van der Waals surface area contributed by atoms with E-state index in [2.05, 4.69) is 59.4 Å². The van der Waals surface area contributed by atoms with Gasteiger partial charge in [-0.25, -0.2) is 0 Å². The summed E-state index contributed by atoms with van der Waals surface area (Å²) in [4.78, 5) is 0. The Morgan fingerprint density at radius 1 is 1.06 bits per heavy atom. The molecule has 0 bridgehead atoms. The average molecular weight is 301 g/mol. The molecule has 18 heavy (non-hydrogen) atoms. The number of aryl methyl sites for hydroxylation is 2. The van der Waals surface area contributed by atoms with Crippen molar-refractivity contribution in [3.05, 3.63) is 57.6 Å². The molecule has 0 aliphatic heterocycles. The summed E-state index contributed by atoms with van der Waals surface area (Å²) in [6.45, 7) is 4.15. The number of benzene rings is 2. The van der Waals surface area contributed by atoms with Crippen LogP contribution in [0.15, 0.2) is 40.9 Å². The Balaban J connectivity index is 2.32. The van der Waals surface area contributed by atoms with Crippen LogP contribution in [0.2, 0.25) is 0 Å². The molecule has 90 valence electrons. The lowest BCUT2D eigenvalue weighted by Crippen LogP contribution is -1.94. The highest BCUT2D eigenvalue weighted by Crippen LogP contribution is 2.28. The van der Waals surface area contributed by atoms with Crippen LogP contribution < -0.4 is 5.32 Å². The van der Waals surface area contributed by atoms with Crippen molar-refractivity contribution in [2.45, 2.75) is 13.8 Å². The number of hydrogen-bond acceptors (Lipinski definition) is 2. The summed E-state index contributed by atoms with van der Waals surface area (Å²) >= 11 is 3.47. The molecule has 0 spiro atoms. The first-order valence-electron chi connectivity index (χ1n) is 5.64. The molecule has 0 saturated heterocycles. The molecular weight excluding hydrogens is 288 g/mol. The second kappa shape index (κ2) is 5.24. The Morgan fingerprint density at radius 3 is 2.39 bits per heavy atom. The maximum Gasteiger partial charge on any atom is 0.0992 e. The van der Waals surface area contributed by atoms with Crippen LogP contribution in [0.25, 0.3) is 0 Å². The van der Waals surface area contributed by atoms with Crippen LogP contribution in [0.4, 0.5) is 11.4 Å². The van der Waals surface area contributed by atoms with Crippen molar-refractivity contribution in [2.24, 2.45) is 0 Å². The lowest BCUT2D eigenvalue weighted by molar-refractivity contribution is 1.36. The smallest absolute Gasteiger partial charge is 0.0992 e. The molecule has 0 radical (unpaired) electrons. The van der Waals surface area contributed by atoms with E-state index in [1.165, 1.54) is 11.1 Å². The fourth-order valence-electron chi connectivity index (χ4n) is 1.78. The van der Waals surface area contributed by atoms with Crippen molar-refractivity contribution in [3.8, 4) is 6.07 Å². The lowest BCUT2D eigenvalue weighted by Gasteiger charge is -2.12. The number of halogens is 1. The topological polar surface area (TPSA) is 35.8 Å². The first-order valence-corrected chi connectivity index (χ1v) is 6.43. The highest BCUT2D eigenvalue weighted by atomic mass is 79.9. The zero-order chi connectivity index (χ0) is 13.1. The molecule has 2 nitrogen and oxygen atoms in total. The quantitative estimate of drug-likeness (QED) is 0.874. The summed E-state index contributed by atoms with van der Waals surface area (Å²) in [5, 5.41) is 12.2. The predicted molar refractivity (Wildman–Crippen MR) is 78.1 cm³/mol. The molecule has 0 unspecified atom stereocenters. The first-order chi connectivity index (χ1) is 8.60. The van der Waals surface area contributed by atoms with Crippen LogP contribution in [0.1, 0.15) is 16.7 Å². The van der Waals surface area contributed by atoms with Gasteiger partial charge in [0, 0.05) is 10.2 Å². The van der Waals surface area contributed by atoms with Crippen molar-refractivity contribution < 1.29 is 0 Å². The van der Waals surface area contributed by atoms with E-state index in [1.54, 1.807) is 6.07 Å². The molecule has 2 rings (SSSR count). The van der Waals surface area contributed by atoms with Gasteiger partial charge in [0.2, 0.25) is 0 Å². The van der Waals surface area contributed by atoms with Gasteiger partial charge in [-0.1, -0.05) is 17.7 Å². The van der Waals surface area contributed by atoms with Gasteiger partial charge < -0.3 is 5.32 Å². The highest BCUT2D eigenvalue weighted by Gasteiger charge is 2.04. The molecule has 0 aliphatic carbocycles. The summed E-state index contributed by atoms with van der Waals surface area (Å²) in [7, 11) is 0. The van der Waals surface area contributed by atoms with Crippen LogP contribution in [0.3, 0.4) is 0 Å². The average Bonchev–Trinajstić information content (AvgIpc) is 2.34. The summed E-state index contributed by atoms with van der Waals surface area (Å²) < 4.78 is 0.890. The van der Waals surface area contributed by atoms with E-state index in [9.17, 15) is 0 Å². The number of rotatable bonds is 2. The Bertz CT molecular complexity index is 627. The lowest BCUT2D eigenvalue weighted by atomic mass is 10.1. The minimum absolute atomic E-state index is 0.646. The third kappa shape index (κ3) is 2.72.